The summed E-state index contributed by atoms with van der Waals surface area (Å²) < 4.78 is 10.8. The Kier molecular flexibility index (Phi) is 4.01. The Bertz CT molecular complexity index is 652. The molecular weight excluding hydrogens is 294 g/mol. The van der Waals surface area contributed by atoms with Gasteiger partial charge in [-0.2, -0.15) is 0 Å². The van der Waals surface area contributed by atoms with Crippen LogP contribution in [0.25, 0.3) is 11.0 Å². The van der Waals surface area contributed by atoms with Crippen molar-refractivity contribution in [2.75, 3.05) is 32.9 Å². The lowest BCUT2D eigenvalue weighted by Gasteiger charge is -2.34. The summed E-state index contributed by atoms with van der Waals surface area (Å²) in [5.74, 6) is 1.48. The van der Waals surface area contributed by atoms with E-state index in [0.717, 1.165) is 42.8 Å². The highest BCUT2D eigenvalue weighted by Crippen LogP contribution is 2.28. The van der Waals surface area contributed by atoms with Crippen molar-refractivity contribution in [1.82, 2.24) is 14.9 Å². The van der Waals surface area contributed by atoms with Gasteiger partial charge in [0.15, 0.2) is 6.10 Å². The van der Waals surface area contributed by atoms with Gasteiger partial charge in [0, 0.05) is 19.0 Å². The summed E-state index contributed by atoms with van der Waals surface area (Å²) in [6.07, 6.45) is 1.43. The summed E-state index contributed by atoms with van der Waals surface area (Å²) in [5.41, 5.74) is 2.09. The number of para-hydroxylation sites is 2. The minimum Gasteiger partial charge on any atom is -0.376 e. The van der Waals surface area contributed by atoms with Gasteiger partial charge in [0.05, 0.1) is 30.9 Å². The molecule has 1 N–H and O–H groups in total. The highest BCUT2D eigenvalue weighted by Gasteiger charge is 2.31. The summed E-state index contributed by atoms with van der Waals surface area (Å²) in [5, 5.41) is 0. The number of hydrogen-bond acceptors (Lipinski definition) is 4. The van der Waals surface area contributed by atoms with Crippen LogP contribution in [-0.4, -0.2) is 59.8 Å². The summed E-state index contributed by atoms with van der Waals surface area (Å²) in [4.78, 5) is 22.4. The number of imidazole rings is 1. The number of nitrogens with zero attached hydrogens (tertiary/aromatic N) is 2. The number of nitrogens with one attached hydrogen (secondary N) is 1. The Morgan fingerprint density at radius 2 is 2.04 bits per heavy atom. The maximum absolute atomic E-state index is 12.4. The Labute approximate surface area is 134 Å². The first-order chi connectivity index (χ1) is 11.3. The molecule has 0 radical (unpaired) electrons. The summed E-state index contributed by atoms with van der Waals surface area (Å²) in [6, 6.07) is 8.08. The highest BCUT2D eigenvalue weighted by molar-refractivity contribution is 5.81. The fraction of sp³-hybridized carbons (Fsp3) is 0.529. The third kappa shape index (κ3) is 2.96. The van der Waals surface area contributed by atoms with Crippen molar-refractivity contribution >= 4 is 16.9 Å². The van der Waals surface area contributed by atoms with E-state index in [0.29, 0.717) is 25.7 Å². The van der Waals surface area contributed by atoms with Crippen LogP contribution < -0.4 is 0 Å². The van der Waals surface area contributed by atoms with Gasteiger partial charge in [0.25, 0.3) is 5.91 Å². The summed E-state index contributed by atoms with van der Waals surface area (Å²) in [7, 11) is 0. The second-order valence-corrected chi connectivity index (χ2v) is 6.17. The van der Waals surface area contributed by atoms with Gasteiger partial charge in [-0.1, -0.05) is 12.1 Å². The Morgan fingerprint density at radius 3 is 2.78 bits per heavy atom. The number of H-pyrrole nitrogens is 1. The Balaban J connectivity index is 1.39. The monoisotopic (exact) mass is 315 g/mol. The SMILES string of the molecule is O=C([C@@H]1COCCO1)N1CCC(c2nc3ccccc3[nH]2)CC1. The van der Waals surface area contributed by atoms with Gasteiger partial charge in [-0.25, -0.2) is 4.98 Å². The molecular formula is C17H21N3O3. The van der Waals surface area contributed by atoms with Crippen LogP contribution in [0.1, 0.15) is 24.6 Å². The molecule has 2 fully saturated rings. The van der Waals surface area contributed by atoms with E-state index >= 15 is 0 Å². The first-order valence-electron chi connectivity index (χ1n) is 8.24. The lowest BCUT2D eigenvalue weighted by Crippen LogP contribution is -2.48. The average Bonchev–Trinajstić information content (AvgIpc) is 3.06. The van der Waals surface area contributed by atoms with Gasteiger partial charge >= 0.3 is 0 Å². The van der Waals surface area contributed by atoms with Gasteiger partial charge in [0.1, 0.15) is 5.82 Å². The lowest BCUT2D eigenvalue weighted by atomic mass is 9.96. The van der Waals surface area contributed by atoms with Crippen molar-refractivity contribution in [2.24, 2.45) is 0 Å². The highest BCUT2D eigenvalue weighted by atomic mass is 16.6. The minimum absolute atomic E-state index is 0.0627. The molecule has 3 heterocycles. The molecule has 2 saturated heterocycles. The van der Waals surface area contributed by atoms with Crippen LogP contribution in [-0.2, 0) is 14.3 Å². The zero-order valence-electron chi connectivity index (χ0n) is 13.0. The molecule has 1 atom stereocenters. The summed E-state index contributed by atoms with van der Waals surface area (Å²) in [6.45, 7) is 2.97. The number of amides is 1. The molecule has 2 aromatic rings. The molecule has 23 heavy (non-hydrogen) atoms. The van der Waals surface area contributed by atoms with E-state index in [1.54, 1.807) is 0 Å². The fourth-order valence-electron chi connectivity index (χ4n) is 3.37. The topological polar surface area (TPSA) is 67.5 Å². The predicted octanol–water partition coefficient (Wildman–Crippen LogP) is 1.68. The van der Waals surface area contributed by atoms with Gasteiger partial charge < -0.3 is 19.4 Å². The second kappa shape index (κ2) is 6.29. The molecule has 122 valence electrons. The Morgan fingerprint density at radius 1 is 1.22 bits per heavy atom. The smallest absolute Gasteiger partial charge is 0.254 e. The average molecular weight is 315 g/mol. The number of benzene rings is 1. The van der Waals surface area contributed by atoms with E-state index in [1.165, 1.54) is 0 Å². The van der Waals surface area contributed by atoms with Crippen LogP contribution in [0.3, 0.4) is 0 Å². The van der Waals surface area contributed by atoms with Gasteiger partial charge in [-0.3, -0.25) is 4.79 Å². The van der Waals surface area contributed by atoms with E-state index < -0.39 is 6.10 Å². The lowest BCUT2D eigenvalue weighted by molar-refractivity contribution is -0.159. The van der Waals surface area contributed by atoms with E-state index in [1.807, 2.05) is 29.2 Å². The number of piperidine rings is 1. The molecule has 0 spiro atoms. The molecule has 0 bridgehead atoms. The number of ether oxygens (including phenoxy) is 2. The normalized spacial score (nSPS) is 23.3. The zero-order valence-corrected chi connectivity index (χ0v) is 13.0. The molecule has 4 rings (SSSR count). The molecule has 0 saturated carbocycles. The number of carbonyl (C=O) groups is 1. The van der Waals surface area contributed by atoms with Crippen LogP contribution in [0, 0.1) is 0 Å². The van der Waals surface area contributed by atoms with E-state index in [-0.39, 0.29) is 5.91 Å². The molecule has 6 heteroatoms. The standard InChI is InChI=1S/C17H21N3O3/c21-17(15-11-22-9-10-23-15)20-7-5-12(6-8-20)16-18-13-3-1-2-4-14(13)19-16/h1-4,12,15H,5-11H2,(H,18,19)/t15-/m0/s1. The first-order valence-corrected chi connectivity index (χ1v) is 8.24. The number of rotatable bonds is 2. The van der Waals surface area contributed by atoms with Crippen LogP contribution in [0.4, 0.5) is 0 Å². The number of likely N-dealkylation sites (tertiary alicyclic amines) is 1. The van der Waals surface area contributed by atoms with Gasteiger partial charge in [0.2, 0.25) is 0 Å². The molecule has 0 unspecified atom stereocenters. The van der Waals surface area contributed by atoms with Crippen molar-refractivity contribution in [1.29, 1.82) is 0 Å². The molecule has 1 aromatic heterocycles. The molecule has 0 aliphatic carbocycles. The number of fused-ring (bicyclic) bond motifs is 1. The van der Waals surface area contributed by atoms with E-state index in [9.17, 15) is 4.79 Å². The molecule has 2 aliphatic rings. The van der Waals surface area contributed by atoms with Crippen LogP contribution >= 0.6 is 0 Å². The van der Waals surface area contributed by atoms with Crippen molar-refractivity contribution < 1.29 is 14.3 Å². The van der Waals surface area contributed by atoms with E-state index in [2.05, 4.69) is 4.98 Å². The van der Waals surface area contributed by atoms with Gasteiger partial charge in [-0.05, 0) is 25.0 Å². The quantitative estimate of drug-likeness (QED) is 0.915. The number of aromatic amines is 1. The van der Waals surface area contributed by atoms with Crippen LogP contribution in [0.2, 0.25) is 0 Å². The number of hydrogen-bond donors (Lipinski definition) is 1. The van der Waals surface area contributed by atoms with Crippen molar-refractivity contribution in [2.45, 2.75) is 24.9 Å². The van der Waals surface area contributed by atoms with Crippen LogP contribution in [0.5, 0.6) is 0 Å². The third-order valence-electron chi connectivity index (χ3n) is 4.69. The number of aromatic nitrogens is 2. The molecule has 1 amide bonds. The Hall–Kier alpha value is -1.92. The second-order valence-electron chi connectivity index (χ2n) is 6.17. The van der Waals surface area contributed by atoms with Crippen molar-refractivity contribution in [3.05, 3.63) is 30.1 Å². The van der Waals surface area contributed by atoms with Crippen molar-refractivity contribution in [3.8, 4) is 0 Å². The fourth-order valence-corrected chi connectivity index (χ4v) is 3.37. The van der Waals surface area contributed by atoms with Crippen molar-refractivity contribution in [3.63, 3.8) is 0 Å². The largest absolute Gasteiger partial charge is 0.376 e. The molecule has 2 aliphatic heterocycles. The molecule has 1 aromatic carbocycles. The van der Waals surface area contributed by atoms with Gasteiger partial charge in [-0.15, -0.1) is 0 Å². The number of carbonyl (C=O) groups excluding carboxylic acids is 1. The zero-order chi connectivity index (χ0) is 15.6. The van der Waals surface area contributed by atoms with E-state index in [4.69, 9.17) is 14.5 Å². The maximum atomic E-state index is 12.4. The summed E-state index contributed by atoms with van der Waals surface area (Å²) >= 11 is 0. The minimum atomic E-state index is -0.425. The first kappa shape index (κ1) is 14.7. The maximum Gasteiger partial charge on any atom is 0.254 e. The van der Waals surface area contributed by atoms with Crippen LogP contribution in [0.15, 0.2) is 24.3 Å². The third-order valence-corrected chi connectivity index (χ3v) is 4.69. The predicted molar refractivity (Wildman–Crippen MR) is 85.2 cm³/mol. The molecule has 6 nitrogen and oxygen atoms in total.